The average molecular weight is 221 g/mol. The second kappa shape index (κ2) is 7.51. The van der Waals surface area contributed by atoms with Crippen LogP contribution in [0.25, 0.3) is 0 Å². The molecule has 0 saturated carbocycles. The summed E-state index contributed by atoms with van der Waals surface area (Å²) in [5.41, 5.74) is 0. The van der Waals surface area contributed by atoms with E-state index in [9.17, 15) is 0 Å². The van der Waals surface area contributed by atoms with E-state index in [0.29, 0.717) is 12.1 Å². The van der Waals surface area contributed by atoms with Crippen LogP contribution in [-0.4, -0.2) is 48.5 Å². The molecule has 0 fully saturated rings. The molecule has 0 spiro atoms. The largest absolute Gasteiger partial charge is 0.395 e. The van der Waals surface area contributed by atoms with Gasteiger partial charge in [0.2, 0.25) is 0 Å². The van der Waals surface area contributed by atoms with Gasteiger partial charge < -0.3 is 15.2 Å². The molecule has 4 atom stereocenters. The zero-order valence-electron chi connectivity index (χ0n) is 9.78. The maximum absolute atomic E-state index is 9.11. The molecule has 0 aromatic rings. The lowest BCUT2D eigenvalue weighted by molar-refractivity contribution is 0.0840. The minimum Gasteiger partial charge on any atom is -0.395 e. The monoisotopic (exact) mass is 221 g/mol. The van der Waals surface area contributed by atoms with Crippen molar-refractivity contribution < 1.29 is 9.84 Å². The van der Waals surface area contributed by atoms with Crippen LogP contribution in [0.4, 0.5) is 0 Å². The number of methoxy groups -OCH3 is 1. The molecule has 86 valence electrons. The van der Waals surface area contributed by atoms with Crippen LogP contribution in [0, 0.1) is 0 Å². The van der Waals surface area contributed by atoms with Gasteiger partial charge in [-0.1, -0.05) is 0 Å². The van der Waals surface area contributed by atoms with Crippen molar-refractivity contribution >= 4 is 11.8 Å². The van der Waals surface area contributed by atoms with Crippen molar-refractivity contribution in [1.29, 1.82) is 0 Å². The molecule has 0 aliphatic heterocycles. The number of nitrogens with one attached hydrogen (secondary N) is 1. The van der Waals surface area contributed by atoms with E-state index in [2.05, 4.69) is 19.2 Å². The van der Waals surface area contributed by atoms with Crippen LogP contribution in [0.5, 0.6) is 0 Å². The Balaban J connectivity index is 3.96. The summed E-state index contributed by atoms with van der Waals surface area (Å²) in [7, 11) is 1.71. The molecule has 0 aromatic carbocycles. The van der Waals surface area contributed by atoms with Crippen molar-refractivity contribution in [3.8, 4) is 0 Å². The standard InChI is InChI=1S/C10H23NO2S/c1-7(9(3)13-4)11-8(2)10(6-12)14-5/h7-12H,6H2,1-5H3. The van der Waals surface area contributed by atoms with Crippen molar-refractivity contribution in [3.63, 3.8) is 0 Å². The normalized spacial score (nSPS) is 20.1. The Morgan fingerprint density at radius 3 is 2.21 bits per heavy atom. The van der Waals surface area contributed by atoms with Crippen LogP contribution < -0.4 is 5.32 Å². The van der Waals surface area contributed by atoms with E-state index in [1.54, 1.807) is 18.9 Å². The number of thioether (sulfide) groups is 1. The second-order valence-electron chi connectivity index (χ2n) is 3.64. The van der Waals surface area contributed by atoms with E-state index in [4.69, 9.17) is 9.84 Å². The number of aliphatic hydroxyl groups is 1. The summed E-state index contributed by atoms with van der Waals surface area (Å²) in [4.78, 5) is 0. The number of rotatable bonds is 7. The third-order valence-corrected chi connectivity index (χ3v) is 3.80. The SMILES string of the molecule is COC(C)C(C)NC(C)C(CO)SC. The predicted molar refractivity (Wildman–Crippen MR) is 62.9 cm³/mol. The minimum atomic E-state index is 0.193. The topological polar surface area (TPSA) is 41.5 Å². The first-order valence-corrected chi connectivity index (χ1v) is 6.28. The van der Waals surface area contributed by atoms with E-state index in [0.717, 1.165) is 0 Å². The fraction of sp³-hybridized carbons (Fsp3) is 1.00. The van der Waals surface area contributed by atoms with Gasteiger partial charge in [-0.2, -0.15) is 11.8 Å². The molecule has 0 bridgehead atoms. The second-order valence-corrected chi connectivity index (χ2v) is 4.72. The summed E-state index contributed by atoms with van der Waals surface area (Å²) in [5, 5.41) is 12.8. The first kappa shape index (κ1) is 14.2. The predicted octanol–water partition coefficient (Wildman–Crippen LogP) is 1.11. The molecule has 0 rings (SSSR count). The van der Waals surface area contributed by atoms with Crippen LogP contribution in [0.15, 0.2) is 0 Å². The van der Waals surface area contributed by atoms with Crippen LogP contribution in [-0.2, 0) is 4.74 Å². The summed E-state index contributed by atoms with van der Waals surface area (Å²) in [6.45, 7) is 6.44. The van der Waals surface area contributed by atoms with Crippen LogP contribution in [0.3, 0.4) is 0 Å². The van der Waals surface area contributed by atoms with E-state index >= 15 is 0 Å². The molecule has 3 nitrogen and oxygen atoms in total. The lowest BCUT2D eigenvalue weighted by Crippen LogP contribution is -2.47. The Hall–Kier alpha value is 0.230. The van der Waals surface area contributed by atoms with Crippen molar-refractivity contribution in [2.45, 2.75) is 44.2 Å². The first-order valence-electron chi connectivity index (χ1n) is 4.99. The maximum Gasteiger partial charge on any atom is 0.0693 e. The zero-order valence-corrected chi connectivity index (χ0v) is 10.6. The molecule has 0 amide bonds. The van der Waals surface area contributed by atoms with Gasteiger partial charge in [-0.15, -0.1) is 0 Å². The highest BCUT2D eigenvalue weighted by atomic mass is 32.2. The fourth-order valence-corrected chi connectivity index (χ4v) is 1.93. The van der Waals surface area contributed by atoms with Crippen LogP contribution in [0.2, 0.25) is 0 Å². The molecular formula is C10H23NO2S. The lowest BCUT2D eigenvalue weighted by Gasteiger charge is -2.28. The minimum absolute atomic E-state index is 0.193. The highest BCUT2D eigenvalue weighted by molar-refractivity contribution is 7.99. The molecule has 14 heavy (non-hydrogen) atoms. The van der Waals surface area contributed by atoms with E-state index in [-0.39, 0.29) is 18.0 Å². The first-order chi connectivity index (χ1) is 6.56. The summed E-state index contributed by atoms with van der Waals surface area (Å²) < 4.78 is 5.23. The van der Waals surface area contributed by atoms with Gasteiger partial charge in [0.15, 0.2) is 0 Å². The Morgan fingerprint density at radius 2 is 1.86 bits per heavy atom. The summed E-state index contributed by atoms with van der Waals surface area (Å²) >= 11 is 1.69. The van der Waals surface area contributed by atoms with Crippen LogP contribution in [0.1, 0.15) is 20.8 Å². The van der Waals surface area contributed by atoms with Gasteiger partial charge in [-0.25, -0.2) is 0 Å². The molecule has 0 saturated heterocycles. The Bertz CT molecular complexity index is 142. The Labute approximate surface area is 91.6 Å². The number of aliphatic hydroxyl groups excluding tert-OH is 1. The Morgan fingerprint density at radius 1 is 1.29 bits per heavy atom. The molecule has 0 aromatic heterocycles. The molecule has 0 radical (unpaired) electrons. The highest BCUT2D eigenvalue weighted by Gasteiger charge is 2.19. The van der Waals surface area contributed by atoms with Gasteiger partial charge in [0.05, 0.1) is 12.7 Å². The van der Waals surface area contributed by atoms with Gasteiger partial charge in [0, 0.05) is 24.4 Å². The molecule has 0 aliphatic carbocycles. The number of hydrogen-bond acceptors (Lipinski definition) is 4. The van der Waals surface area contributed by atoms with Gasteiger partial charge in [0.25, 0.3) is 0 Å². The number of hydrogen-bond donors (Lipinski definition) is 2. The van der Waals surface area contributed by atoms with Crippen molar-refractivity contribution in [2.75, 3.05) is 20.0 Å². The average Bonchev–Trinajstić information content (AvgIpc) is 2.18. The van der Waals surface area contributed by atoms with Gasteiger partial charge in [-0.3, -0.25) is 0 Å². The summed E-state index contributed by atoms with van der Waals surface area (Å²) in [6, 6.07) is 0.596. The van der Waals surface area contributed by atoms with Gasteiger partial charge in [0.1, 0.15) is 0 Å². The quantitative estimate of drug-likeness (QED) is 0.676. The van der Waals surface area contributed by atoms with Crippen LogP contribution >= 0.6 is 11.8 Å². The molecular weight excluding hydrogens is 198 g/mol. The maximum atomic E-state index is 9.11. The molecule has 4 unspecified atom stereocenters. The molecule has 4 heteroatoms. The van der Waals surface area contributed by atoms with Crippen molar-refractivity contribution in [3.05, 3.63) is 0 Å². The van der Waals surface area contributed by atoms with Crippen molar-refractivity contribution in [1.82, 2.24) is 5.32 Å². The van der Waals surface area contributed by atoms with Crippen molar-refractivity contribution in [2.24, 2.45) is 0 Å². The zero-order chi connectivity index (χ0) is 11.1. The van der Waals surface area contributed by atoms with E-state index in [1.165, 1.54) is 0 Å². The fourth-order valence-electron chi connectivity index (χ4n) is 1.30. The summed E-state index contributed by atoms with van der Waals surface area (Å²) in [5.74, 6) is 0. The smallest absolute Gasteiger partial charge is 0.0693 e. The third-order valence-electron chi connectivity index (χ3n) is 2.64. The van der Waals surface area contributed by atoms with E-state index in [1.807, 2.05) is 13.2 Å². The molecule has 2 N–H and O–H groups in total. The summed E-state index contributed by atoms with van der Waals surface area (Å²) in [6.07, 6.45) is 2.21. The number of ether oxygens (including phenoxy) is 1. The molecule has 0 aliphatic rings. The Kier molecular flexibility index (Phi) is 7.64. The lowest BCUT2D eigenvalue weighted by atomic mass is 10.1. The van der Waals surface area contributed by atoms with E-state index < -0.39 is 0 Å². The third kappa shape index (κ3) is 4.64. The van der Waals surface area contributed by atoms with Gasteiger partial charge >= 0.3 is 0 Å². The highest BCUT2D eigenvalue weighted by Crippen LogP contribution is 2.11. The molecule has 0 heterocycles. The van der Waals surface area contributed by atoms with Gasteiger partial charge in [-0.05, 0) is 27.0 Å².